The Balaban J connectivity index is 2.32. The van der Waals surface area contributed by atoms with Crippen LogP contribution in [0.4, 0.5) is 0 Å². The molecule has 182 valence electrons. The predicted octanol–water partition coefficient (Wildman–Crippen LogP) is 5.14. The SMILES string of the molecule is CCC(CC)(c1ccc(OCC(=O)CO)c(C)c1)c1ccc(OC[C@H](O)C(C)(C)C)c(C)c1. The molecule has 0 saturated heterocycles. The number of rotatable bonds is 11. The van der Waals surface area contributed by atoms with E-state index in [2.05, 4.69) is 38.1 Å². The zero-order chi connectivity index (χ0) is 24.8. The minimum atomic E-state index is -0.543. The van der Waals surface area contributed by atoms with Gasteiger partial charge in [-0.1, -0.05) is 58.9 Å². The molecule has 0 amide bonds. The largest absolute Gasteiger partial charge is 0.491 e. The Morgan fingerprint density at radius 3 is 1.79 bits per heavy atom. The van der Waals surface area contributed by atoms with Crippen LogP contribution in [-0.4, -0.2) is 41.9 Å². The molecule has 33 heavy (non-hydrogen) atoms. The molecule has 5 heteroatoms. The summed E-state index contributed by atoms with van der Waals surface area (Å²) in [4.78, 5) is 11.4. The summed E-state index contributed by atoms with van der Waals surface area (Å²) in [5.41, 5.74) is 4.01. The van der Waals surface area contributed by atoms with Crippen LogP contribution < -0.4 is 9.47 Å². The lowest BCUT2D eigenvalue weighted by molar-refractivity contribution is -0.123. The molecule has 2 rings (SSSR count). The lowest BCUT2D eigenvalue weighted by atomic mass is 9.70. The van der Waals surface area contributed by atoms with Crippen LogP contribution in [0.5, 0.6) is 11.5 Å². The van der Waals surface area contributed by atoms with Crippen molar-refractivity contribution in [3.8, 4) is 11.5 Å². The molecule has 0 saturated carbocycles. The van der Waals surface area contributed by atoms with Gasteiger partial charge in [-0.05, 0) is 66.5 Å². The molecular weight excluding hydrogens is 416 g/mol. The summed E-state index contributed by atoms with van der Waals surface area (Å²) in [6.45, 7) is 14.0. The highest BCUT2D eigenvalue weighted by Gasteiger charge is 2.32. The number of benzene rings is 2. The first-order chi connectivity index (χ1) is 15.5. The molecule has 0 aromatic heterocycles. The van der Waals surface area contributed by atoms with Crippen LogP contribution in [0.2, 0.25) is 0 Å². The Morgan fingerprint density at radius 1 is 0.909 bits per heavy atom. The highest BCUT2D eigenvalue weighted by molar-refractivity contribution is 5.80. The third-order valence-electron chi connectivity index (χ3n) is 6.62. The molecular formula is C28H40O5. The number of carbonyl (C=O) groups excluding carboxylic acids is 1. The van der Waals surface area contributed by atoms with Gasteiger partial charge in [-0.2, -0.15) is 0 Å². The molecule has 2 aromatic rings. The summed E-state index contributed by atoms with van der Waals surface area (Å²) in [5.74, 6) is 1.10. The zero-order valence-corrected chi connectivity index (χ0v) is 21.2. The molecule has 0 aliphatic carbocycles. The molecule has 1 atom stereocenters. The second kappa shape index (κ2) is 11.2. The summed E-state index contributed by atoms with van der Waals surface area (Å²) >= 11 is 0. The topological polar surface area (TPSA) is 76.0 Å². The first kappa shape index (κ1) is 26.9. The van der Waals surface area contributed by atoms with Crippen molar-refractivity contribution in [2.24, 2.45) is 5.41 Å². The van der Waals surface area contributed by atoms with Gasteiger partial charge in [0.2, 0.25) is 0 Å². The maximum absolute atomic E-state index is 11.4. The monoisotopic (exact) mass is 456 g/mol. The number of ether oxygens (including phenoxy) is 2. The number of ketones is 1. The van der Waals surface area contributed by atoms with Crippen LogP contribution in [-0.2, 0) is 10.2 Å². The second-order valence-electron chi connectivity index (χ2n) is 9.93. The van der Waals surface area contributed by atoms with Crippen molar-refractivity contribution in [3.63, 3.8) is 0 Å². The van der Waals surface area contributed by atoms with Crippen LogP contribution in [0.3, 0.4) is 0 Å². The van der Waals surface area contributed by atoms with E-state index in [9.17, 15) is 9.90 Å². The van der Waals surface area contributed by atoms with E-state index in [4.69, 9.17) is 14.6 Å². The second-order valence-corrected chi connectivity index (χ2v) is 9.93. The molecule has 0 fully saturated rings. The number of aliphatic hydroxyl groups is 2. The van der Waals surface area contributed by atoms with E-state index in [1.165, 1.54) is 11.1 Å². The average Bonchev–Trinajstić information content (AvgIpc) is 2.78. The van der Waals surface area contributed by atoms with Gasteiger partial charge in [0.15, 0.2) is 5.78 Å². The van der Waals surface area contributed by atoms with Crippen molar-refractivity contribution in [1.82, 2.24) is 0 Å². The quantitative estimate of drug-likeness (QED) is 0.490. The zero-order valence-electron chi connectivity index (χ0n) is 21.2. The van der Waals surface area contributed by atoms with E-state index in [0.717, 1.165) is 29.7 Å². The predicted molar refractivity (Wildman–Crippen MR) is 132 cm³/mol. The molecule has 2 aromatic carbocycles. The molecule has 0 radical (unpaired) electrons. The molecule has 2 N–H and O–H groups in total. The minimum absolute atomic E-state index is 0.131. The maximum atomic E-state index is 11.4. The Morgan fingerprint density at radius 2 is 1.39 bits per heavy atom. The summed E-state index contributed by atoms with van der Waals surface area (Å²) in [6, 6.07) is 12.4. The first-order valence-electron chi connectivity index (χ1n) is 11.8. The van der Waals surface area contributed by atoms with Gasteiger partial charge in [-0.25, -0.2) is 0 Å². The van der Waals surface area contributed by atoms with Crippen molar-refractivity contribution in [2.75, 3.05) is 19.8 Å². The van der Waals surface area contributed by atoms with Gasteiger partial charge < -0.3 is 19.7 Å². The first-order valence-corrected chi connectivity index (χ1v) is 11.8. The van der Waals surface area contributed by atoms with Crippen LogP contribution in [0.25, 0.3) is 0 Å². The van der Waals surface area contributed by atoms with Crippen LogP contribution >= 0.6 is 0 Å². The van der Waals surface area contributed by atoms with Gasteiger partial charge >= 0.3 is 0 Å². The van der Waals surface area contributed by atoms with Crippen molar-refractivity contribution in [2.45, 2.75) is 72.8 Å². The van der Waals surface area contributed by atoms with Crippen molar-refractivity contribution >= 4 is 5.78 Å². The highest BCUT2D eigenvalue weighted by Crippen LogP contribution is 2.41. The van der Waals surface area contributed by atoms with Crippen molar-refractivity contribution < 1.29 is 24.5 Å². The van der Waals surface area contributed by atoms with Gasteiger partial charge in [-0.3, -0.25) is 4.79 Å². The number of Topliss-reactive ketones (excluding diaryl/α,β-unsaturated/α-hetero) is 1. The van der Waals surface area contributed by atoms with Gasteiger partial charge in [0.1, 0.15) is 31.3 Å². The summed E-state index contributed by atoms with van der Waals surface area (Å²) in [6.07, 6.45) is 1.31. The average molecular weight is 457 g/mol. The van der Waals surface area contributed by atoms with E-state index in [-0.39, 0.29) is 29.8 Å². The highest BCUT2D eigenvalue weighted by atomic mass is 16.5. The smallest absolute Gasteiger partial charge is 0.195 e. The van der Waals surface area contributed by atoms with Crippen LogP contribution in [0.1, 0.15) is 69.7 Å². The summed E-state index contributed by atoms with van der Waals surface area (Å²) in [7, 11) is 0. The van der Waals surface area contributed by atoms with Crippen molar-refractivity contribution in [1.29, 1.82) is 0 Å². The van der Waals surface area contributed by atoms with Crippen LogP contribution in [0.15, 0.2) is 36.4 Å². The van der Waals surface area contributed by atoms with Gasteiger partial charge in [0.05, 0.1) is 6.10 Å². The fourth-order valence-electron chi connectivity index (χ4n) is 4.07. The number of carbonyl (C=O) groups is 1. The van der Waals surface area contributed by atoms with E-state index < -0.39 is 12.7 Å². The Hall–Kier alpha value is -2.37. The normalized spacial score (nSPS) is 13.0. The lowest BCUT2D eigenvalue weighted by Gasteiger charge is -2.34. The Kier molecular flexibility index (Phi) is 9.10. The van der Waals surface area contributed by atoms with Crippen LogP contribution in [0, 0.1) is 19.3 Å². The standard InChI is InChI=1S/C28H40O5/c1-8-28(9-2,21-10-12-24(19(3)14-21)32-17-23(30)16-29)22-11-13-25(20(4)15-22)33-18-26(31)27(5,6)7/h10-15,26,29,31H,8-9,16-18H2,1-7H3/t26-/m0/s1. The van der Waals surface area contributed by atoms with Gasteiger partial charge in [0.25, 0.3) is 0 Å². The maximum Gasteiger partial charge on any atom is 0.195 e. The third kappa shape index (κ3) is 6.36. The Bertz CT molecular complexity index is 938. The van der Waals surface area contributed by atoms with E-state index >= 15 is 0 Å². The molecule has 0 unspecified atom stereocenters. The van der Waals surface area contributed by atoms with E-state index in [0.29, 0.717) is 5.75 Å². The number of aryl methyl sites for hydroxylation is 2. The Labute approximate surface area is 198 Å². The molecule has 0 heterocycles. The summed E-state index contributed by atoms with van der Waals surface area (Å²) < 4.78 is 11.5. The minimum Gasteiger partial charge on any atom is -0.491 e. The molecule has 0 aliphatic heterocycles. The third-order valence-corrected chi connectivity index (χ3v) is 6.62. The van der Waals surface area contributed by atoms with E-state index in [1.54, 1.807) is 0 Å². The van der Waals surface area contributed by atoms with Gasteiger partial charge in [-0.15, -0.1) is 0 Å². The van der Waals surface area contributed by atoms with Crippen molar-refractivity contribution in [3.05, 3.63) is 58.7 Å². The van der Waals surface area contributed by atoms with Gasteiger partial charge in [0, 0.05) is 5.41 Å². The molecule has 5 nitrogen and oxygen atoms in total. The fraction of sp³-hybridized carbons (Fsp3) is 0.536. The molecule has 0 spiro atoms. The summed E-state index contributed by atoms with van der Waals surface area (Å²) in [5, 5.41) is 19.2. The van der Waals surface area contributed by atoms with E-state index in [1.807, 2.05) is 46.8 Å². The number of hydrogen-bond acceptors (Lipinski definition) is 5. The fourth-order valence-corrected chi connectivity index (χ4v) is 4.07. The number of hydrogen-bond donors (Lipinski definition) is 2. The molecule has 0 bridgehead atoms. The lowest BCUT2D eigenvalue weighted by Crippen LogP contribution is -2.32. The number of aliphatic hydroxyl groups excluding tert-OH is 2. The molecule has 0 aliphatic rings.